The molecule has 5 heteroatoms. The van der Waals surface area contributed by atoms with Crippen molar-refractivity contribution in [3.8, 4) is 0 Å². The number of halogens is 2. The van der Waals surface area contributed by atoms with Crippen LogP contribution >= 0.6 is 15.9 Å². The van der Waals surface area contributed by atoms with Crippen molar-refractivity contribution in [2.75, 3.05) is 6.61 Å². The summed E-state index contributed by atoms with van der Waals surface area (Å²) in [4.78, 5) is 11.6. The number of rotatable bonds is 3. The van der Waals surface area contributed by atoms with Crippen molar-refractivity contribution >= 4 is 21.8 Å². The minimum atomic E-state index is -0.487. The lowest BCUT2D eigenvalue weighted by molar-refractivity contribution is 0.0921. The number of amides is 1. The highest BCUT2D eigenvalue weighted by atomic mass is 79.9. The van der Waals surface area contributed by atoms with E-state index >= 15 is 0 Å². The first-order chi connectivity index (χ1) is 7.06. The minimum absolute atomic E-state index is 0.132. The standard InChI is InChI=1S/C10H11BrFNO2/c1-6(5-14)13-10(15)7-3-2-4-8(12)9(7)11/h2-4,6,14H,5H2,1H3,(H,13,15)/t6-/m0/s1. The highest BCUT2D eigenvalue weighted by molar-refractivity contribution is 9.10. The van der Waals surface area contributed by atoms with Gasteiger partial charge in [0.15, 0.2) is 0 Å². The Morgan fingerprint density at radius 3 is 2.93 bits per heavy atom. The van der Waals surface area contributed by atoms with Gasteiger partial charge in [0.25, 0.3) is 5.91 Å². The fourth-order valence-corrected chi connectivity index (χ4v) is 1.47. The molecule has 0 radical (unpaired) electrons. The summed E-state index contributed by atoms with van der Waals surface area (Å²) in [7, 11) is 0. The SMILES string of the molecule is C[C@@H](CO)NC(=O)c1cccc(F)c1Br. The molecule has 1 aromatic rings. The molecule has 0 aliphatic carbocycles. The second-order valence-corrected chi connectivity index (χ2v) is 3.95. The van der Waals surface area contributed by atoms with Crippen LogP contribution in [-0.4, -0.2) is 23.7 Å². The molecule has 3 nitrogen and oxygen atoms in total. The van der Waals surface area contributed by atoms with E-state index in [4.69, 9.17) is 5.11 Å². The van der Waals surface area contributed by atoms with Gasteiger partial charge in [0.05, 0.1) is 16.6 Å². The normalized spacial score (nSPS) is 12.3. The highest BCUT2D eigenvalue weighted by Crippen LogP contribution is 2.20. The van der Waals surface area contributed by atoms with Crippen LogP contribution in [0.1, 0.15) is 17.3 Å². The van der Waals surface area contributed by atoms with Gasteiger partial charge in [-0.05, 0) is 35.0 Å². The van der Waals surface area contributed by atoms with E-state index in [1.165, 1.54) is 18.2 Å². The van der Waals surface area contributed by atoms with Gasteiger partial charge in [-0.25, -0.2) is 4.39 Å². The van der Waals surface area contributed by atoms with E-state index in [0.29, 0.717) is 0 Å². The number of benzene rings is 1. The molecule has 0 unspecified atom stereocenters. The van der Waals surface area contributed by atoms with Crippen LogP contribution in [0.5, 0.6) is 0 Å². The summed E-state index contributed by atoms with van der Waals surface area (Å²) in [5, 5.41) is 11.3. The summed E-state index contributed by atoms with van der Waals surface area (Å²) >= 11 is 2.99. The molecule has 0 aromatic heterocycles. The molecule has 1 amide bonds. The van der Waals surface area contributed by atoms with Gasteiger partial charge >= 0.3 is 0 Å². The summed E-state index contributed by atoms with van der Waals surface area (Å²) < 4.78 is 13.2. The van der Waals surface area contributed by atoms with Gasteiger partial charge in [-0.1, -0.05) is 6.07 Å². The first-order valence-corrected chi connectivity index (χ1v) is 5.21. The Kier molecular flexibility index (Phi) is 4.23. The molecule has 0 saturated carbocycles. The smallest absolute Gasteiger partial charge is 0.252 e. The molecule has 2 N–H and O–H groups in total. The molecule has 1 aromatic carbocycles. The molecular weight excluding hydrogens is 265 g/mol. The predicted octanol–water partition coefficient (Wildman–Crippen LogP) is 1.70. The Labute approximate surface area is 95.4 Å². The summed E-state index contributed by atoms with van der Waals surface area (Å²) in [5.41, 5.74) is 0.218. The second-order valence-electron chi connectivity index (χ2n) is 3.16. The van der Waals surface area contributed by atoms with E-state index < -0.39 is 11.7 Å². The Hall–Kier alpha value is -0.940. The van der Waals surface area contributed by atoms with Crippen molar-refractivity contribution in [1.29, 1.82) is 0 Å². The van der Waals surface area contributed by atoms with E-state index in [2.05, 4.69) is 21.2 Å². The second kappa shape index (κ2) is 5.23. The van der Waals surface area contributed by atoms with Crippen LogP contribution in [0.25, 0.3) is 0 Å². The zero-order chi connectivity index (χ0) is 11.4. The zero-order valence-electron chi connectivity index (χ0n) is 8.13. The predicted molar refractivity (Wildman–Crippen MR) is 58.1 cm³/mol. The fourth-order valence-electron chi connectivity index (χ4n) is 1.03. The van der Waals surface area contributed by atoms with Crippen molar-refractivity contribution < 1.29 is 14.3 Å². The average molecular weight is 276 g/mol. The maximum atomic E-state index is 13.1. The number of aliphatic hydroxyl groups is 1. The quantitative estimate of drug-likeness (QED) is 0.882. The van der Waals surface area contributed by atoms with E-state index in [1.807, 2.05) is 0 Å². The first-order valence-electron chi connectivity index (χ1n) is 4.42. The van der Waals surface area contributed by atoms with Crippen LogP contribution in [0.4, 0.5) is 4.39 Å². The van der Waals surface area contributed by atoms with Crippen LogP contribution in [0.2, 0.25) is 0 Å². The third kappa shape index (κ3) is 3.00. The Balaban J connectivity index is 2.87. The van der Waals surface area contributed by atoms with Crippen LogP contribution < -0.4 is 5.32 Å². The molecule has 0 aliphatic heterocycles. The highest BCUT2D eigenvalue weighted by Gasteiger charge is 2.14. The molecule has 0 spiro atoms. The maximum absolute atomic E-state index is 13.1. The summed E-state index contributed by atoms with van der Waals surface area (Å²) in [6.45, 7) is 1.50. The fraction of sp³-hybridized carbons (Fsp3) is 0.300. The summed E-state index contributed by atoms with van der Waals surface area (Å²) in [6.07, 6.45) is 0. The lowest BCUT2D eigenvalue weighted by atomic mass is 10.2. The Morgan fingerprint density at radius 2 is 2.33 bits per heavy atom. The number of carbonyl (C=O) groups is 1. The van der Waals surface area contributed by atoms with Crippen LogP contribution in [0, 0.1) is 5.82 Å². The monoisotopic (exact) mass is 275 g/mol. The minimum Gasteiger partial charge on any atom is -0.394 e. The first kappa shape index (κ1) is 12.1. The van der Waals surface area contributed by atoms with Gasteiger partial charge in [0.1, 0.15) is 5.82 Å². The third-order valence-corrected chi connectivity index (χ3v) is 2.65. The zero-order valence-corrected chi connectivity index (χ0v) is 9.71. The van der Waals surface area contributed by atoms with Gasteiger partial charge < -0.3 is 10.4 Å². The van der Waals surface area contributed by atoms with Crippen LogP contribution in [0.15, 0.2) is 22.7 Å². The largest absolute Gasteiger partial charge is 0.394 e. The van der Waals surface area contributed by atoms with Gasteiger partial charge in [-0.3, -0.25) is 4.79 Å². The Morgan fingerprint density at radius 1 is 1.67 bits per heavy atom. The van der Waals surface area contributed by atoms with Gasteiger partial charge in [0, 0.05) is 6.04 Å². The number of nitrogens with one attached hydrogen (secondary N) is 1. The van der Waals surface area contributed by atoms with Crippen LogP contribution in [0.3, 0.4) is 0 Å². The van der Waals surface area contributed by atoms with E-state index in [1.54, 1.807) is 6.92 Å². The van der Waals surface area contributed by atoms with Crippen molar-refractivity contribution in [2.45, 2.75) is 13.0 Å². The summed E-state index contributed by atoms with van der Waals surface area (Å²) in [6, 6.07) is 3.87. The van der Waals surface area contributed by atoms with E-state index in [-0.39, 0.29) is 22.7 Å². The third-order valence-electron chi connectivity index (χ3n) is 1.85. The number of hydrogen-bond donors (Lipinski definition) is 2. The molecule has 1 atom stereocenters. The van der Waals surface area contributed by atoms with E-state index in [9.17, 15) is 9.18 Å². The molecular formula is C10H11BrFNO2. The van der Waals surface area contributed by atoms with Gasteiger partial charge in [-0.15, -0.1) is 0 Å². The topological polar surface area (TPSA) is 49.3 Å². The molecule has 0 aliphatic rings. The molecule has 0 bridgehead atoms. The van der Waals surface area contributed by atoms with Crippen LogP contribution in [-0.2, 0) is 0 Å². The number of aliphatic hydroxyl groups excluding tert-OH is 1. The number of carbonyl (C=O) groups excluding carboxylic acids is 1. The average Bonchev–Trinajstić information content (AvgIpc) is 2.21. The van der Waals surface area contributed by atoms with Crippen molar-refractivity contribution in [2.24, 2.45) is 0 Å². The molecule has 0 heterocycles. The summed E-state index contributed by atoms with van der Waals surface area (Å²) in [5.74, 6) is -0.901. The maximum Gasteiger partial charge on any atom is 0.252 e. The lowest BCUT2D eigenvalue weighted by Crippen LogP contribution is -2.35. The van der Waals surface area contributed by atoms with Crippen molar-refractivity contribution in [1.82, 2.24) is 5.32 Å². The van der Waals surface area contributed by atoms with Gasteiger partial charge in [0.2, 0.25) is 0 Å². The molecule has 0 saturated heterocycles. The lowest BCUT2D eigenvalue weighted by Gasteiger charge is -2.11. The molecule has 1 rings (SSSR count). The number of hydrogen-bond acceptors (Lipinski definition) is 2. The van der Waals surface area contributed by atoms with Crippen molar-refractivity contribution in [3.63, 3.8) is 0 Å². The van der Waals surface area contributed by atoms with Crippen molar-refractivity contribution in [3.05, 3.63) is 34.1 Å². The Bertz CT molecular complexity index is 370. The van der Waals surface area contributed by atoms with E-state index in [0.717, 1.165) is 0 Å². The van der Waals surface area contributed by atoms with Gasteiger partial charge in [-0.2, -0.15) is 0 Å². The molecule has 82 valence electrons. The molecule has 15 heavy (non-hydrogen) atoms. The molecule has 0 fully saturated rings.